The Morgan fingerprint density at radius 3 is 2.60 bits per heavy atom. The van der Waals surface area contributed by atoms with Crippen LogP contribution < -0.4 is 4.90 Å². The minimum Gasteiger partial charge on any atom is -0.357 e. The lowest BCUT2D eigenvalue weighted by atomic mass is 9.83. The number of rotatable bonds is 5. The molecule has 30 heavy (non-hydrogen) atoms. The van der Waals surface area contributed by atoms with Gasteiger partial charge in [-0.2, -0.15) is 5.26 Å². The molecule has 0 saturated carbocycles. The number of aryl methyl sites for hydroxylation is 1. The number of nitrogens with zero attached hydrogens (tertiary/aromatic N) is 4. The molecule has 0 spiro atoms. The Bertz CT molecular complexity index is 897. The van der Waals surface area contributed by atoms with E-state index >= 15 is 0 Å². The van der Waals surface area contributed by atoms with Crippen LogP contribution in [0.4, 0.5) is 5.82 Å². The molecule has 2 saturated heterocycles. The Kier molecular flexibility index (Phi) is 6.03. The van der Waals surface area contributed by atoms with Crippen LogP contribution in [0.3, 0.4) is 0 Å². The molecule has 5 heteroatoms. The number of hydrogen-bond acceptors (Lipinski definition) is 4. The van der Waals surface area contributed by atoms with Gasteiger partial charge in [-0.1, -0.05) is 37.3 Å². The summed E-state index contributed by atoms with van der Waals surface area (Å²) in [6.07, 6.45) is 6.67. The zero-order valence-corrected chi connectivity index (χ0v) is 17.8. The van der Waals surface area contributed by atoms with Crippen molar-refractivity contribution in [2.45, 2.75) is 39.0 Å². The standard InChI is InChI=1S/C25H30N4O/c1-25(12-9-20-5-3-2-4-6-20)13-16-29(19-25)24(30)22-10-14-28(15-11-22)23-8-7-21(17-26)18-27-23/h2-8,18,22H,9-16,19H2,1H3/t25-/m1/s1. The third-order valence-corrected chi connectivity index (χ3v) is 6.77. The van der Waals surface area contributed by atoms with Crippen LogP contribution in [0.5, 0.6) is 0 Å². The van der Waals surface area contributed by atoms with Crippen molar-refractivity contribution in [3.63, 3.8) is 0 Å². The molecule has 3 heterocycles. The van der Waals surface area contributed by atoms with Crippen LogP contribution in [0.1, 0.15) is 43.7 Å². The summed E-state index contributed by atoms with van der Waals surface area (Å²) in [6.45, 7) is 5.79. The summed E-state index contributed by atoms with van der Waals surface area (Å²) in [7, 11) is 0. The molecule has 0 aliphatic carbocycles. The molecule has 5 nitrogen and oxygen atoms in total. The average molecular weight is 403 g/mol. The second-order valence-corrected chi connectivity index (χ2v) is 9.08. The van der Waals surface area contributed by atoms with Gasteiger partial charge >= 0.3 is 0 Å². The number of anilines is 1. The lowest BCUT2D eigenvalue weighted by Gasteiger charge is -2.34. The van der Waals surface area contributed by atoms with Gasteiger partial charge in [0.05, 0.1) is 5.56 Å². The van der Waals surface area contributed by atoms with Crippen molar-refractivity contribution in [3.05, 3.63) is 59.8 Å². The van der Waals surface area contributed by atoms with E-state index in [0.717, 1.165) is 64.1 Å². The summed E-state index contributed by atoms with van der Waals surface area (Å²) in [4.78, 5) is 21.9. The van der Waals surface area contributed by atoms with Crippen molar-refractivity contribution >= 4 is 11.7 Å². The van der Waals surface area contributed by atoms with Gasteiger partial charge in [0.2, 0.25) is 5.91 Å². The third-order valence-electron chi connectivity index (χ3n) is 6.77. The third kappa shape index (κ3) is 4.64. The van der Waals surface area contributed by atoms with Crippen LogP contribution in [0, 0.1) is 22.7 Å². The molecule has 0 N–H and O–H groups in total. The molecular weight excluding hydrogens is 372 g/mol. The molecule has 2 aliphatic rings. The predicted molar refractivity (Wildman–Crippen MR) is 118 cm³/mol. The van der Waals surface area contributed by atoms with E-state index in [-0.39, 0.29) is 11.3 Å². The number of pyridine rings is 1. The van der Waals surface area contributed by atoms with Crippen LogP contribution in [0.25, 0.3) is 0 Å². The lowest BCUT2D eigenvalue weighted by Crippen LogP contribution is -2.42. The molecule has 1 aromatic carbocycles. The highest BCUT2D eigenvalue weighted by Gasteiger charge is 2.38. The first-order valence-electron chi connectivity index (χ1n) is 11.0. The van der Waals surface area contributed by atoms with Gasteiger partial charge in [0, 0.05) is 38.3 Å². The van der Waals surface area contributed by atoms with E-state index in [4.69, 9.17) is 5.26 Å². The number of hydrogen-bond donors (Lipinski definition) is 0. The first-order chi connectivity index (χ1) is 14.6. The maximum Gasteiger partial charge on any atom is 0.225 e. The highest BCUT2D eigenvalue weighted by Crippen LogP contribution is 2.36. The van der Waals surface area contributed by atoms with Crippen molar-refractivity contribution in [2.24, 2.45) is 11.3 Å². The molecule has 2 aliphatic heterocycles. The van der Waals surface area contributed by atoms with Gasteiger partial charge in [-0.05, 0) is 55.2 Å². The first kappa shape index (κ1) is 20.4. The number of piperidine rings is 1. The first-order valence-corrected chi connectivity index (χ1v) is 11.0. The summed E-state index contributed by atoms with van der Waals surface area (Å²) >= 11 is 0. The highest BCUT2D eigenvalue weighted by molar-refractivity contribution is 5.79. The van der Waals surface area contributed by atoms with Crippen molar-refractivity contribution < 1.29 is 4.79 Å². The topological polar surface area (TPSA) is 60.2 Å². The maximum atomic E-state index is 13.1. The number of amides is 1. The summed E-state index contributed by atoms with van der Waals surface area (Å²) in [5.74, 6) is 1.36. The second-order valence-electron chi connectivity index (χ2n) is 9.08. The van der Waals surface area contributed by atoms with E-state index in [1.165, 1.54) is 5.56 Å². The number of carbonyl (C=O) groups excluding carboxylic acids is 1. The number of nitriles is 1. The zero-order valence-electron chi connectivity index (χ0n) is 17.8. The summed E-state index contributed by atoms with van der Waals surface area (Å²) in [6, 6.07) is 16.5. The van der Waals surface area contributed by atoms with Crippen molar-refractivity contribution in [1.29, 1.82) is 5.26 Å². The van der Waals surface area contributed by atoms with E-state index in [0.29, 0.717) is 11.5 Å². The minimum atomic E-state index is 0.121. The number of aromatic nitrogens is 1. The van der Waals surface area contributed by atoms with E-state index in [1.54, 1.807) is 12.3 Å². The van der Waals surface area contributed by atoms with E-state index in [1.807, 2.05) is 6.07 Å². The predicted octanol–water partition coefficient (Wildman–Crippen LogP) is 4.04. The number of benzene rings is 1. The summed E-state index contributed by atoms with van der Waals surface area (Å²) in [5.41, 5.74) is 2.18. The van der Waals surface area contributed by atoms with Gasteiger partial charge < -0.3 is 9.80 Å². The summed E-state index contributed by atoms with van der Waals surface area (Å²) < 4.78 is 0. The zero-order chi connectivity index (χ0) is 21.0. The van der Waals surface area contributed by atoms with Gasteiger partial charge in [-0.25, -0.2) is 4.98 Å². The fourth-order valence-corrected chi connectivity index (χ4v) is 4.76. The molecule has 2 aromatic rings. The fourth-order valence-electron chi connectivity index (χ4n) is 4.76. The van der Waals surface area contributed by atoms with E-state index in [2.05, 4.69) is 58.1 Å². The van der Waals surface area contributed by atoms with E-state index in [9.17, 15) is 4.79 Å². The van der Waals surface area contributed by atoms with E-state index < -0.39 is 0 Å². The molecular formula is C25H30N4O. The minimum absolute atomic E-state index is 0.121. The average Bonchev–Trinajstić information content (AvgIpc) is 3.20. The van der Waals surface area contributed by atoms with Crippen LogP contribution >= 0.6 is 0 Å². The Morgan fingerprint density at radius 2 is 1.93 bits per heavy atom. The second kappa shape index (κ2) is 8.87. The Morgan fingerprint density at radius 1 is 1.17 bits per heavy atom. The molecule has 4 rings (SSSR count). The van der Waals surface area contributed by atoms with Gasteiger partial charge in [0.1, 0.15) is 11.9 Å². The summed E-state index contributed by atoms with van der Waals surface area (Å²) in [5, 5.41) is 8.92. The maximum absolute atomic E-state index is 13.1. The van der Waals surface area contributed by atoms with Crippen LogP contribution in [0.2, 0.25) is 0 Å². The van der Waals surface area contributed by atoms with Crippen molar-refractivity contribution in [1.82, 2.24) is 9.88 Å². The normalized spacial score (nSPS) is 22.1. The van der Waals surface area contributed by atoms with Gasteiger partial charge in [-0.15, -0.1) is 0 Å². The Balaban J connectivity index is 1.27. The highest BCUT2D eigenvalue weighted by atomic mass is 16.2. The number of likely N-dealkylation sites (tertiary alicyclic amines) is 1. The van der Waals surface area contributed by atoms with Crippen LogP contribution in [-0.4, -0.2) is 42.0 Å². The van der Waals surface area contributed by atoms with Crippen LogP contribution in [0.15, 0.2) is 48.7 Å². The van der Waals surface area contributed by atoms with Crippen molar-refractivity contribution in [3.8, 4) is 6.07 Å². The fraction of sp³-hybridized carbons (Fsp3) is 0.480. The molecule has 0 radical (unpaired) electrons. The molecule has 1 atom stereocenters. The molecule has 1 aromatic heterocycles. The molecule has 2 fully saturated rings. The van der Waals surface area contributed by atoms with Gasteiger partial charge in [-0.3, -0.25) is 4.79 Å². The SMILES string of the molecule is C[C@@]1(CCc2ccccc2)CCN(C(=O)C2CCN(c3ccc(C#N)cn3)CC2)C1. The largest absolute Gasteiger partial charge is 0.357 e. The Hall–Kier alpha value is -2.87. The smallest absolute Gasteiger partial charge is 0.225 e. The lowest BCUT2D eigenvalue weighted by molar-refractivity contribution is -0.135. The molecule has 156 valence electrons. The number of carbonyl (C=O) groups is 1. The molecule has 0 bridgehead atoms. The monoisotopic (exact) mass is 402 g/mol. The van der Waals surface area contributed by atoms with Gasteiger partial charge in [0.25, 0.3) is 0 Å². The quantitative estimate of drug-likeness (QED) is 0.757. The van der Waals surface area contributed by atoms with Crippen LogP contribution in [-0.2, 0) is 11.2 Å². The molecule has 1 amide bonds. The molecule has 0 unspecified atom stereocenters. The van der Waals surface area contributed by atoms with Crippen molar-refractivity contribution in [2.75, 3.05) is 31.1 Å². The Labute approximate surface area is 179 Å². The van der Waals surface area contributed by atoms with Gasteiger partial charge in [0.15, 0.2) is 0 Å².